The molecule has 23 heavy (non-hydrogen) atoms. The third-order valence-corrected chi connectivity index (χ3v) is 3.91. The SMILES string of the molecule is CC(F)(CCC(CC(O)[CH]Cc1ccccc1)C(=N)N)C(N)=O. The number of amides is 1. The van der Waals surface area contributed by atoms with E-state index in [0.717, 1.165) is 12.5 Å². The Labute approximate surface area is 136 Å². The molecular formula is C17H25FN3O2. The minimum Gasteiger partial charge on any atom is -0.393 e. The molecule has 5 nitrogen and oxygen atoms in total. The summed E-state index contributed by atoms with van der Waals surface area (Å²) in [5.74, 6) is -1.65. The van der Waals surface area contributed by atoms with Crippen LogP contribution in [0.1, 0.15) is 31.7 Å². The molecule has 1 rings (SSSR count). The molecule has 6 N–H and O–H groups in total. The van der Waals surface area contributed by atoms with E-state index in [2.05, 4.69) is 0 Å². The van der Waals surface area contributed by atoms with Crippen molar-refractivity contribution in [3.05, 3.63) is 42.3 Å². The van der Waals surface area contributed by atoms with Gasteiger partial charge in [-0.1, -0.05) is 30.3 Å². The molecule has 0 saturated heterocycles. The molecule has 3 atom stereocenters. The summed E-state index contributed by atoms with van der Waals surface area (Å²) < 4.78 is 13.9. The summed E-state index contributed by atoms with van der Waals surface area (Å²) in [5, 5.41) is 17.6. The van der Waals surface area contributed by atoms with Crippen molar-refractivity contribution in [2.75, 3.05) is 0 Å². The van der Waals surface area contributed by atoms with Crippen LogP contribution in [0, 0.1) is 17.7 Å². The molecule has 0 spiro atoms. The molecule has 127 valence electrons. The lowest BCUT2D eigenvalue weighted by Crippen LogP contribution is -2.38. The molecule has 0 heterocycles. The van der Waals surface area contributed by atoms with Crippen LogP contribution in [-0.4, -0.2) is 28.6 Å². The number of rotatable bonds is 10. The van der Waals surface area contributed by atoms with Crippen molar-refractivity contribution in [2.24, 2.45) is 17.4 Å². The van der Waals surface area contributed by atoms with E-state index in [-0.39, 0.29) is 25.1 Å². The van der Waals surface area contributed by atoms with Crippen molar-refractivity contribution in [1.82, 2.24) is 0 Å². The Morgan fingerprint density at radius 2 is 2.00 bits per heavy atom. The number of nitrogens with two attached hydrogens (primary N) is 2. The van der Waals surface area contributed by atoms with Crippen molar-refractivity contribution >= 4 is 11.7 Å². The van der Waals surface area contributed by atoms with E-state index < -0.39 is 23.6 Å². The fourth-order valence-corrected chi connectivity index (χ4v) is 2.24. The Bertz CT molecular complexity index is 520. The van der Waals surface area contributed by atoms with Crippen LogP contribution in [0.25, 0.3) is 0 Å². The lowest BCUT2D eigenvalue weighted by Gasteiger charge is -2.22. The van der Waals surface area contributed by atoms with Gasteiger partial charge in [-0.3, -0.25) is 10.2 Å². The maximum Gasteiger partial charge on any atom is 0.254 e. The number of benzene rings is 1. The van der Waals surface area contributed by atoms with Crippen LogP contribution in [0.4, 0.5) is 4.39 Å². The molecule has 0 aliphatic heterocycles. The highest BCUT2D eigenvalue weighted by molar-refractivity contribution is 5.83. The maximum atomic E-state index is 13.9. The first-order chi connectivity index (χ1) is 10.7. The van der Waals surface area contributed by atoms with Gasteiger partial charge < -0.3 is 16.6 Å². The van der Waals surface area contributed by atoms with Gasteiger partial charge in [-0.15, -0.1) is 0 Å². The van der Waals surface area contributed by atoms with E-state index in [1.165, 1.54) is 0 Å². The monoisotopic (exact) mass is 322 g/mol. The summed E-state index contributed by atoms with van der Waals surface area (Å²) in [4.78, 5) is 11.0. The number of halogens is 1. The fraction of sp³-hybridized carbons (Fsp3) is 0.471. The third kappa shape index (κ3) is 6.78. The first-order valence-electron chi connectivity index (χ1n) is 7.60. The number of hydrogen-bond acceptors (Lipinski definition) is 3. The second-order valence-corrected chi connectivity index (χ2v) is 5.98. The molecule has 0 bridgehead atoms. The van der Waals surface area contributed by atoms with Crippen LogP contribution in [0.5, 0.6) is 0 Å². The highest BCUT2D eigenvalue weighted by atomic mass is 19.1. The van der Waals surface area contributed by atoms with Gasteiger partial charge in [0.15, 0.2) is 5.67 Å². The van der Waals surface area contributed by atoms with Crippen LogP contribution < -0.4 is 11.5 Å². The van der Waals surface area contributed by atoms with Crippen molar-refractivity contribution in [3.8, 4) is 0 Å². The number of aliphatic hydroxyl groups is 1. The molecule has 3 unspecified atom stereocenters. The average Bonchev–Trinajstić information content (AvgIpc) is 2.50. The summed E-state index contributed by atoms with van der Waals surface area (Å²) in [5.41, 5.74) is 9.44. The van der Waals surface area contributed by atoms with Gasteiger partial charge >= 0.3 is 0 Å². The highest BCUT2D eigenvalue weighted by Gasteiger charge is 2.32. The predicted molar refractivity (Wildman–Crippen MR) is 88.4 cm³/mol. The maximum absolute atomic E-state index is 13.9. The largest absolute Gasteiger partial charge is 0.393 e. The van der Waals surface area contributed by atoms with E-state index in [9.17, 15) is 14.3 Å². The molecule has 1 amide bonds. The summed E-state index contributed by atoms with van der Waals surface area (Å²) >= 11 is 0. The van der Waals surface area contributed by atoms with E-state index in [4.69, 9.17) is 16.9 Å². The molecule has 1 aromatic rings. The molecule has 0 aromatic heterocycles. The summed E-state index contributed by atoms with van der Waals surface area (Å²) in [6.45, 7) is 1.12. The number of carbonyl (C=O) groups is 1. The standard InChI is InChI=1S/C17H25FN3O2/c1-17(18,16(21)23)10-9-13(15(19)20)11-14(22)8-7-12-5-3-2-4-6-12/h2-6,8,13-14,22H,7,9-11H2,1H3,(H3,19,20)(H2,21,23). The van der Waals surface area contributed by atoms with Crippen LogP contribution in [-0.2, 0) is 11.2 Å². The van der Waals surface area contributed by atoms with Gasteiger partial charge in [0, 0.05) is 5.92 Å². The Kier molecular flexibility index (Phi) is 7.16. The number of aliphatic hydroxyl groups excluding tert-OH is 1. The van der Waals surface area contributed by atoms with E-state index >= 15 is 0 Å². The van der Waals surface area contributed by atoms with E-state index in [0.29, 0.717) is 6.42 Å². The minimum absolute atomic E-state index is 0.127. The van der Waals surface area contributed by atoms with E-state index in [1.807, 2.05) is 30.3 Å². The van der Waals surface area contributed by atoms with Crippen LogP contribution in [0.2, 0.25) is 0 Å². The predicted octanol–water partition coefficient (Wildman–Crippen LogP) is 1.73. The van der Waals surface area contributed by atoms with Crippen molar-refractivity contribution in [2.45, 2.75) is 44.4 Å². The van der Waals surface area contributed by atoms with Gasteiger partial charge in [-0.2, -0.15) is 0 Å². The molecule has 1 aromatic carbocycles. The summed E-state index contributed by atoms with van der Waals surface area (Å²) in [6, 6.07) is 9.65. The Morgan fingerprint density at radius 1 is 1.39 bits per heavy atom. The first-order valence-corrected chi connectivity index (χ1v) is 7.60. The van der Waals surface area contributed by atoms with Crippen molar-refractivity contribution in [1.29, 1.82) is 5.41 Å². The molecular weight excluding hydrogens is 297 g/mol. The number of hydrogen-bond donors (Lipinski definition) is 4. The number of amidine groups is 1. The molecule has 1 radical (unpaired) electrons. The number of nitrogens with one attached hydrogen (secondary N) is 1. The molecule has 0 fully saturated rings. The number of carbonyl (C=O) groups excluding carboxylic acids is 1. The topological polar surface area (TPSA) is 113 Å². The summed E-state index contributed by atoms with van der Waals surface area (Å²) in [7, 11) is 0. The molecule has 0 saturated carbocycles. The first kappa shape index (κ1) is 19.1. The zero-order valence-corrected chi connectivity index (χ0v) is 13.3. The van der Waals surface area contributed by atoms with Crippen molar-refractivity contribution in [3.63, 3.8) is 0 Å². The van der Waals surface area contributed by atoms with Gasteiger partial charge in [0.05, 0.1) is 11.9 Å². The third-order valence-electron chi connectivity index (χ3n) is 3.91. The lowest BCUT2D eigenvalue weighted by molar-refractivity contribution is -0.128. The molecule has 0 aliphatic rings. The van der Waals surface area contributed by atoms with Crippen LogP contribution >= 0.6 is 0 Å². The Balaban J connectivity index is 2.48. The number of primary amides is 1. The smallest absolute Gasteiger partial charge is 0.254 e. The minimum atomic E-state index is -2.13. The molecule has 0 aliphatic carbocycles. The van der Waals surface area contributed by atoms with Crippen LogP contribution in [0.15, 0.2) is 30.3 Å². The number of alkyl halides is 1. The molecule has 6 heteroatoms. The van der Waals surface area contributed by atoms with Gasteiger partial charge in [-0.05, 0) is 44.6 Å². The normalized spacial score (nSPS) is 16.3. The highest BCUT2D eigenvalue weighted by Crippen LogP contribution is 2.24. The average molecular weight is 322 g/mol. The Hall–Kier alpha value is -1.95. The van der Waals surface area contributed by atoms with Crippen molar-refractivity contribution < 1.29 is 14.3 Å². The van der Waals surface area contributed by atoms with Gasteiger partial charge in [0.1, 0.15) is 0 Å². The Morgan fingerprint density at radius 3 is 2.52 bits per heavy atom. The second kappa shape index (κ2) is 8.62. The second-order valence-electron chi connectivity index (χ2n) is 5.98. The van der Waals surface area contributed by atoms with Crippen LogP contribution in [0.3, 0.4) is 0 Å². The summed E-state index contributed by atoms with van der Waals surface area (Å²) in [6.07, 6.45) is 1.84. The zero-order valence-electron chi connectivity index (χ0n) is 13.3. The quantitative estimate of drug-likeness (QED) is 0.388. The van der Waals surface area contributed by atoms with E-state index in [1.54, 1.807) is 6.42 Å². The van der Waals surface area contributed by atoms with Gasteiger partial charge in [-0.25, -0.2) is 4.39 Å². The van der Waals surface area contributed by atoms with Gasteiger partial charge in [0.2, 0.25) is 0 Å². The zero-order chi connectivity index (χ0) is 17.5. The van der Waals surface area contributed by atoms with Gasteiger partial charge in [0.25, 0.3) is 5.91 Å². The lowest BCUT2D eigenvalue weighted by atomic mass is 9.88. The fourth-order valence-electron chi connectivity index (χ4n) is 2.24.